The Hall–Kier alpha value is -2.64. The van der Waals surface area contributed by atoms with Gasteiger partial charge in [0.1, 0.15) is 11.9 Å². The van der Waals surface area contributed by atoms with Crippen molar-refractivity contribution in [2.75, 3.05) is 12.3 Å². The van der Waals surface area contributed by atoms with Crippen molar-refractivity contribution in [1.82, 2.24) is 10.2 Å². The maximum Gasteiger partial charge on any atom is 0.243 e. The number of rotatable bonds is 11. The van der Waals surface area contributed by atoms with Crippen molar-refractivity contribution in [2.45, 2.75) is 31.7 Å². The number of likely N-dealkylation sites (N-methyl/N-ethyl adjacent to an activating group) is 1. The molecule has 0 unspecified atom stereocenters. The minimum absolute atomic E-state index is 0.0268. The fourth-order valence-electron chi connectivity index (χ4n) is 3.58. The van der Waals surface area contributed by atoms with Gasteiger partial charge in [0.15, 0.2) is 0 Å². The molecule has 0 aliphatic rings. The molecule has 1 N–H and O–H groups in total. The number of hydrogen-bond donors (Lipinski definition) is 1. The van der Waals surface area contributed by atoms with Gasteiger partial charge in [0, 0.05) is 35.3 Å². The van der Waals surface area contributed by atoms with E-state index in [0.717, 1.165) is 15.6 Å². The zero-order chi connectivity index (χ0) is 24.3. The van der Waals surface area contributed by atoms with E-state index in [4.69, 9.17) is 0 Å². The first-order valence-corrected chi connectivity index (χ1v) is 13.1. The molecule has 0 saturated heterocycles. The van der Waals surface area contributed by atoms with Crippen LogP contribution in [0, 0.1) is 5.82 Å². The third-order valence-electron chi connectivity index (χ3n) is 5.33. The summed E-state index contributed by atoms with van der Waals surface area (Å²) in [4.78, 5) is 28.0. The SMILES string of the molecule is CCNC(=O)[C@@H](Cc1ccccc1)N(Cc1ccccc1F)C(=O)CSCc1ccc(Br)cc1. The molecule has 0 aromatic heterocycles. The topological polar surface area (TPSA) is 49.4 Å². The van der Waals surface area contributed by atoms with Crippen molar-refractivity contribution in [3.63, 3.8) is 0 Å². The highest BCUT2D eigenvalue weighted by atomic mass is 79.9. The summed E-state index contributed by atoms with van der Waals surface area (Å²) in [6, 6.07) is 23.2. The third kappa shape index (κ3) is 7.71. The van der Waals surface area contributed by atoms with Crippen LogP contribution in [0.25, 0.3) is 0 Å². The van der Waals surface area contributed by atoms with Crippen LogP contribution in [0.4, 0.5) is 4.39 Å². The summed E-state index contributed by atoms with van der Waals surface area (Å²) in [6.45, 7) is 2.32. The number of thioether (sulfide) groups is 1. The van der Waals surface area contributed by atoms with Crippen LogP contribution >= 0.6 is 27.7 Å². The van der Waals surface area contributed by atoms with Crippen LogP contribution in [-0.4, -0.2) is 35.1 Å². The maximum atomic E-state index is 14.5. The molecule has 1 atom stereocenters. The number of nitrogens with one attached hydrogen (secondary N) is 1. The fourth-order valence-corrected chi connectivity index (χ4v) is 4.71. The number of carbonyl (C=O) groups excluding carboxylic acids is 2. The van der Waals surface area contributed by atoms with Crippen molar-refractivity contribution < 1.29 is 14.0 Å². The van der Waals surface area contributed by atoms with E-state index in [9.17, 15) is 14.0 Å². The normalized spacial score (nSPS) is 11.6. The summed E-state index contributed by atoms with van der Waals surface area (Å²) in [7, 11) is 0. The molecule has 0 radical (unpaired) electrons. The van der Waals surface area contributed by atoms with Gasteiger partial charge in [0.25, 0.3) is 0 Å². The second-order valence-electron chi connectivity index (χ2n) is 7.83. The van der Waals surface area contributed by atoms with Crippen molar-refractivity contribution in [3.05, 3.63) is 106 Å². The lowest BCUT2D eigenvalue weighted by Crippen LogP contribution is -2.51. The van der Waals surface area contributed by atoms with Crippen molar-refractivity contribution in [1.29, 1.82) is 0 Å². The van der Waals surface area contributed by atoms with Gasteiger partial charge >= 0.3 is 0 Å². The van der Waals surface area contributed by atoms with Gasteiger partial charge in [-0.05, 0) is 36.2 Å². The molecule has 2 amide bonds. The maximum absolute atomic E-state index is 14.5. The smallest absolute Gasteiger partial charge is 0.243 e. The van der Waals surface area contributed by atoms with E-state index in [0.29, 0.717) is 24.3 Å². The molecule has 0 bridgehead atoms. The molecule has 4 nitrogen and oxygen atoms in total. The molecule has 0 heterocycles. The Morgan fingerprint density at radius 1 is 0.971 bits per heavy atom. The molecular formula is C27H28BrFN2O2S. The highest BCUT2D eigenvalue weighted by Gasteiger charge is 2.30. The van der Waals surface area contributed by atoms with Gasteiger partial charge in [-0.3, -0.25) is 9.59 Å². The van der Waals surface area contributed by atoms with Gasteiger partial charge < -0.3 is 10.2 Å². The molecule has 0 saturated carbocycles. The zero-order valence-electron chi connectivity index (χ0n) is 19.0. The molecule has 3 aromatic rings. The van der Waals surface area contributed by atoms with E-state index in [1.807, 2.05) is 61.5 Å². The van der Waals surface area contributed by atoms with Crippen LogP contribution < -0.4 is 5.32 Å². The van der Waals surface area contributed by atoms with E-state index < -0.39 is 11.9 Å². The average Bonchev–Trinajstić information content (AvgIpc) is 2.84. The van der Waals surface area contributed by atoms with Crippen LogP contribution in [0.15, 0.2) is 83.3 Å². The molecule has 7 heteroatoms. The molecule has 178 valence electrons. The van der Waals surface area contributed by atoms with E-state index in [1.54, 1.807) is 18.2 Å². The lowest BCUT2D eigenvalue weighted by Gasteiger charge is -2.31. The number of halogens is 2. The van der Waals surface area contributed by atoms with E-state index in [1.165, 1.54) is 22.7 Å². The number of carbonyl (C=O) groups is 2. The quantitative estimate of drug-likeness (QED) is 0.343. The first-order valence-electron chi connectivity index (χ1n) is 11.1. The minimum Gasteiger partial charge on any atom is -0.355 e. The van der Waals surface area contributed by atoms with E-state index >= 15 is 0 Å². The molecule has 0 spiro atoms. The highest BCUT2D eigenvalue weighted by Crippen LogP contribution is 2.20. The van der Waals surface area contributed by atoms with Gasteiger partial charge in [-0.1, -0.05) is 76.6 Å². The van der Waals surface area contributed by atoms with Gasteiger partial charge in [0.2, 0.25) is 11.8 Å². The van der Waals surface area contributed by atoms with Crippen LogP contribution in [0.1, 0.15) is 23.6 Å². The molecule has 3 aromatic carbocycles. The number of nitrogens with zero attached hydrogens (tertiary/aromatic N) is 1. The molecule has 3 rings (SSSR count). The van der Waals surface area contributed by atoms with E-state index in [2.05, 4.69) is 21.2 Å². The molecule has 0 aliphatic heterocycles. The van der Waals surface area contributed by atoms with E-state index in [-0.39, 0.29) is 24.1 Å². The fraction of sp³-hybridized carbons (Fsp3) is 0.259. The summed E-state index contributed by atoms with van der Waals surface area (Å²) in [5.41, 5.74) is 2.43. The average molecular weight is 544 g/mol. The van der Waals surface area contributed by atoms with Gasteiger partial charge in [-0.15, -0.1) is 11.8 Å². The van der Waals surface area contributed by atoms with Crippen molar-refractivity contribution in [2.24, 2.45) is 0 Å². The van der Waals surface area contributed by atoms with Crippen LogP contribution in [-0.2, 0) is 28.3 Å². The second-order valence-corrected chi connectivity index (χ2v) is 9.73. The van der Waals surface area contributed by atoms with Crippen molar-refractivity contribution >= 4 is 39.5 Å². The standard InChI is InChI=1S/C27H28BrFN2O2S/c1-2-30-27(33)25(16-20-8-4-3-5-9-20)31(17-22-10-6-7-11-24(22)29)26(32)19-34-18-21-12-14-23(28)15-13-21/h3-15,25H,2,16-19H2,1H3,(H,30,33)/t25-/m1/s1. The molecule has 0 aliphatic carbocycles. The predicted octanol–water partition coefficient (Wildman–Crippen LogP) is 5.60. The minimum atomic E-state index is -0.747. The number of benzene rings is 3. The summed E-state index contributed by atoms with van der Waals surface area (Å²) >= 11 is 4.91. The predicted molar refractivity (Wildman–Crippen MR) is 140 cm³/mol. The van der Waals surface area contributed by atoms with Gasteiger partial charge in [-0.25, -0.2) is 4.39 Å². The second kappa shape index (κ2) is 13.3. The Morgan fingerprint density at radius 3 is 2.32 bits per heavy atom. The monoisotopic (exact) mass is 542 g/mol. The summed E-state index contributed by atoms with van der Waals surface area (Å²) in [5, 5.41) is 2.85. The summed E-state index contributed by atoms with van der Waals surface area (Å²) in [5.74, 6) is 0.0235. The molecule has 0 fully saturated rings. The lowest BCUT2D eigenvalue weighted by atomic mass is 10.0. The number of hydrogen-bond acceptors (Lipinski definition) is 3. The summed E-state index contributed by atoms with van der Waals surface area (Å²) in [6.07, 6.45) is 0.351. The third-order valence-corrected chi connectivity index (χ3v) is 6.85. The highest BCUT2D eigenvalue weighted by molar-refractivity contribution is 9.10. The van der Waals surface area contributed by atoms with Crippen LogP contribution in [0.2, 0.25) is 0 Å². The Kier molecular flexibility index (Phi) is 10.2. The lowest BCUT2D eigenvalue weighted by molar-refractivity contribution is -0.139. The zero-order valence-corrected chi connectivity index (χ0v) is 21.4. The Balaban J connectivity index is 1.82. The van der Waals surface area contributed by atoms with Crippen LogP contribution in [0.3, 0.4) is 0 Å². The Labute approximate surface area is 213 Å². The first-order chi connectivity index (χ1) is 16.5. The van der Waals surface area contributed by atoms with Gasteiger partial charge in [-0.2, -0.15) is 0 Å². The Morgan fingerprint density at radius 2 is 1.65 bits per heavy atom. The molecular weight excluding hydrogens is 515 g/mol. The van der Waals surface area contributed by atoms with Crippen molar-refractivity contribution in [3.8, 4) is 0 Å². The number of amides is 2. The van der Waals surface area contributed by atoms with Crippen LogP contribution in [0.5, 0.6) is 0 Å². The first kappa shape index (κ1) is 26.0. The Bertz CT molecular complexity index is 1080. The van der Waals surface area contributed by atoms with Gasteiger partial charge in [0.05, 0.1) is 5.75 Å². The summed E-state index contributed by atoms with van der Waals surface area (Å²) < 4.78 is 15.5. The molecule has 34 heavy (non-hydrogen) atoms. The largest absolute Gasteiger partial charge is 0.355 e.